The second-order valence-electron chi connectivity index (χ2n) is 7.99. The first kappa shape index (κ1) is 15.8. The molecule has 0 bridgehead atoms. The number of aromatic nitrogens is 3. The molecule has 0 unspecified atom stereocenters. The van der Waals surface area contributed by atoms with Gasteiger partial charge in [0.15, 0.2) is 0 Å². The van der Waals surface area contributed by atoms with Crippen molar-refractivity contribution in [2.75, 3.05) is 0 Å². The molecule has 0 spiro atoms. The summed E-state index contributed by atoms with van der Waals surface area (Å²) in [5, 5.41) is 5.92. The van der Waals surface area contributed by atoms with E-state index in [1.807, 2.05) is 31.3 Å². The summed E-state index contributed by atoms with van der Waals surface area (Å²) in [6.07, 6.45) is 0. The average Bonchev–Trinajstić information content (AvgIpc) is 3.34. The third kappa shape index (κ3) is 1.79. The summed E-state index contributed by atoms with van der Waals surface area (Å²) < 4.78 is 2.13. The van der Waals surface area contributed by atoms with E-state index in [1.165, 1.54) is 0 Å². The number of aromatic amines is 2. The molecule has 4 aromatic carbocycles. The van der Waals surface area contributed by atoms with Crippen LogP contribution in [-0.2, 0) is 7.05 Å². The summed E-state index contributed by atoms with van der Waals surface area (Å²) in [7, 11) is 2.03. The number of pyridine rings is 1. The van der Waals surface area contributed by atoms with Gasteiger partial charge >= 0.3 is 0 Å². The predicted molar refractivity (Wildman–Crippen MR) is 125 cm³/mol. The molecule has 30 heavy (non-hydrogen) atoms. The van der Waals surface area contributed by atoms with Gasteiger partial charge < -0.3 is 14.5 Å². The number of benzene rings is 4. The van der Waals surface area contributed by atoms with E-state index in [-0.39, 0.29) is 5.43 Å². The fourth-order valence-electron chi connectivity index (χ4n) is 5.09. The zero-order chi connectivity index (χ0) is 20.0. The Bertz CT molecular complexity index is 1750. The average molecular weight is 387 g/mol. The van der Waals surface area contributed by atoms with Crippen molar-refractivity contribution in [3.05, 3.63) is 83.0 Å². The highest BCUT2D eigenvalue weighted by molar-refractivity contribution is 6.21. The summed E-state index contributed by atoms with van der Waals surface area (Å²) in [5.74, 6) is 0. The van der Waals surface area contributed by atoms with Gasteiger partial charge in [0.05, 0.1) is 32.8 Å². The van der Waals surface area contributed by atoms with E-state index >= 15 is 0 Å². The minimum atomic E-state index is 0.0624. The lowest BCUT2D eigenvalue weighted by molar-refractivity contribution is 1.00. The molecule has 0 atom stereocenters. The maximum absolute atomic E-state index is 14.0. The highest BCUT2D eigenvalue weighted by atomic mass is 16.1. The van der Waals surface area contributed by atoms with Gasteiger partial charge in [-0.3, -0.25) is 4.79 Å². The lowest BCUT2D eigenvalue weighted by atomic mass is 10.0. The van der Waals surface area contributed by atoms with Crippen LogP contribution in [0, 0.1) is 0 Å². The Morgan fingerprint density at radius 3 is 1.57 bits per heavy atom. The number of hydrogen-bond donors (Lipinski definition) is 2. The van der Waals surface area contributed by atoms with Gasteiger partial charge in [-0.15, -0.1) is 0 Å². The normalized spacial score (nSPS) is 12.3. The number of H-pyrrole nitrogens is 2. The first-order valence-corrected chi connectivity index (χ1v) is 10.1. The molecule has 2 N–H and O–H groups in total. The SMILES string of the molecule is Cn1c2ccc3c4ccccc4[nH]c3c2c(=O)c2c3[nH]c4ccccc4c3ccc21. The topological polar surface area (TPSA) is 53.6 Å². The van der Waals surface area contributed by atoms with E-state index in [1.54, 1.807) is 0 Å². The highest BCUT2D eigenvalue weighted by Gasteiger charge is 2.18. The van der Waals surface area contributed by atoms with Crippen molar-refractivity contribution in [2.24, 2.45) is 7.05 Å². The minimum Gasteiger partial charge on any atom is -0.354 e. The monoisotopic (exact) mass is 387 g/mol. The Hall–Kier alpha value is -4.05. The van der Waals surface area contributed by atoms with Gasteiger partial charge in [-0.05, 0) is 24.3 Å². The molecular formula is C26H17N3O. The van der Waals surface area contributed by atoms with Crippen molar-refractivity contribution in [3.63, 3.8) is 0 Å². The van der Waals surface area contributed by atoms with Crippen molar-refractivity contribution in [3.8, 4) is 0 Å². The fraction of sp³-hybridized carbons (Fsp3) is 0.0385. The van der Waals surface area contributed by atoms with Crippen LogP contribution in [-0.4, -0.2) is 14.5 Å². The maximum atomic E-state index is 14.0. The molecule has 142 valence electrons. The first-order valence-electron chi connectivity index (χ1n) is 10.1. The molecule has 3 heterocycles. The van der Waals surface area contributed by atoms with Gasteiger partial charge in [-0.2, -0.15) is 0 Å². The van der Waals surface area contributed by atoms with Crippen LogP contribution in [0.4, 0.5) is 0 Å². The molecule has 3 aromatic heterocycles. The first-order chi connectivity index (χ1) is 14.7. The number of fused-ring (bicyclic) bond motifs is 10. The summed E-state index contributed by atoms with van der Waals surface area (Å²) >= 11 is 0. The van der Waals surface area contributed by atoms with Gasteiger partial charge in [0.2, 0.25) is 5.43 Å². The Balaban J connectivity index is 1.79. The standard InChI is InChI=1S/C26H17N3O/c1-29-20-12-10-16-14-6-2-4-8-18(14)27-24(16)22(20)26(30)23-21(29)13-11-17-15-7-3-5-9-19(15)28-25(17)23/h2-13,27-28H,1H3. The van der Waals surface area contributed by atoms with Crippen LogP contribution in [0.2, 0.25) is 0 Å². The lowest BCUT2D eigenvalue weighted by Gasteiger charge is -2.11. The zero-order valence-electron chi connectivity index (χ0n) is 16.3. The van der Waals surface area contributed by atoms with Gasteiger partial charge in [-0.1, -0.05) is 48.5 Å². The molecule has 4 nitrogen and oxygen atoms in total. The molecule has 0 radical (unpaired) electrons. The third-order valence-electron chi connectivity index (χ3n) is 6.50. The van der Waals surface area contributed by atoms with Crippen LogP contribution in [0.5, 0.6) is 0 Å². The molecule has 7 rings (SSSR count). The van der Waals surface area contributed by atoms with Crippen LogP contribution in [0.15, 0.2) is 77.6 Å². The Kier molecular flexibility index (Phi) is 2.80. The lowest BCUT2D eigenvalue weighted by Crippen LogP contribution is -2.10. The molecule has 0 aliphatic carbocycles. The number of nitrogens with zero attached hydrogens (tertiary/aromatic N) is 1. The number of nitrogens with one attached hydrogen (secondary N) is 2. The van der Waals surface area contributed by atoms with E-state index in [4.69, 9.17) is 0 Å². The van der Waals surface area contributed by atoms with Crippen molar-refractivity contribution in [1.82, 2.24) is 14.5 Å². The van der Waals surface area contributed by atoms with E-state index < -0.39 is 0 Å². The molecular weight excluding hydrogens is 370 g/mol. The molecule has 0 aliphatic rings. The summed E-state index contributed by atoms with van der Waals surface area (Å²) in [5.41, 5.74) is 5.84. The van der Waals surface area contributed by atoms with E-state index in [0.717, 1.165) is 65.4 Å². The smallest absolute Gasteiger partial charge is 0.201 e. The number of hydrogen-bond acceptors (Lipinski definition) is 1. The van der Waals surface area contributed by atoms with Crippen molar-refractivity contribution in [1.29, 1.82) is 0 Å². The van der Waals surface area contributed by atoms with Gasteiger partial charge in [0, 0.05) is 39.6 Å². The predicted octanol–water partition coefficient (Wildman–Crippen LogP) is 5.96. The fourth-order valence-corrected chi connectivity index (χ4v) is 5.09. The molecule has 0 saturated carbocycles. The quantitative estimate of drug-likeness (QED) is 0.310. The third-order valence-corrected chi connectivity index (χ3v) is 6.50. The van der Waals surface area contributed by atoms with Gasteiger partial charge in [0.25, 0.3) is 0 Å². The van der Waals surface area contributed by atoms with E-state index in [0.29, 0.717) is 0 Å². The van der Waals surface area contributed by atoms with E-state index in [9.17, 15) is 4.79 Å². The largest absolute Gasteiger partial charge is 0.354 e. The second kappa shape index (κ2) is 5.30. The van der Waals surface area contributed by atoms with Crippen LogP contribution < -0.4 is 5.43 Å². The number of aryl methyl sites for hydroxylation is 1. The molecule has 0 amide bonds. The van der Waals surface area contributed by atoms with Gasteiger partial charge in [-0.25, -0.2) is 0 Å². The Labute approximate surface area is 170 Å². The summed E-state index contributed by atoms with van der Waals surface area (Å²) in [6.45, 7) is 0. The highest BCUT2D eigenvalue weighted by Crippen LogP contribution is 2.34. The van der Waals surface area contributed by atoms with Crippen LogP contribution in [0.1, 0.15) is 0 Å². The van der Waals surface area contributed by atoms with Crippen LogP contribution in [0.25, 0.3) is 65.4 Å². The van der Waals surface area contributed by atoms with Crippen LogP contribution in [0.3, 0.4) is 0 Å². The van der Waals surface area contributed by atoms with E-state index in [2.05, 4.69) is 63.1 Å². The molecule has 0 aliphatic heterocycles. The van der Waals surface area contributed by atoms with Crippen molar-refractivity contribution in [2.45, 2.75) is 0 Å². The Morgan fingerprint density at radius 2 is 1.07 bits per heavy atom. The number of para-hydroxylation sites is 2. The zero-order valence-corrected chi connectivity index (χ0v) is 16.3. The minimum absolute atomic E-state index is 0.0624. The maximum Gasteiger partial charge on any atom is 0.201 e. The van der Waals surface area contributed by atoms with Gasteiger partial charge in [0.1, 0.15) is 0 Å². The van der Waals surface area contributed by atoms with Crippen molar-refractivity contribution < 1.29 is 0 Å². The Morgan fingerprint density at radius 1 is 0.600 bits per heavy atom. The summed E-state index contributed by atoms with van der Waals surface area (Å²) in [4.78, 5) is 21.0. The summed E-state index contributed by atoms with van der Waals surface area (Å²) in [6, 6.07) is 24.8. The second-order valence-corrected chi connectivity index (χ2v) is 7.99. The molecule has 0 saturated heterocycles. The van der Waals surface area contributed by atoms with Crippen LogP contribution >= 0.6 is 0 Å². The molecule has 4 heteroatoms. The number of rotatable bonds is 0. The van der Waals surface area contributed by atoms with Crippen molar-refractivity contribution >= 4 is 65.4 Å². The molecule has 7 aromatic rings. The molecule has 0 fully saturated rings.